The van der Waals surface area contributed by atoms with Gasteiger partial charge in [-0.05, 0) is 18.6 Å². The number of benzene rings is 2. The summed E-state index contributed by atoms with van der Waals surface area (Å²) >= 11 is 0. The molecule has 0 bridgehead atoms. The van der Waals surface area contributed by atoms with Gasteiger partial charge in [0.2, 0.25) is 0 Å². The van der Waals surface area contributed by atoms with Crippen molar-refractivity contribution >= 4 is 6.29 Å². The summed E-state index contributed by atoms with van der Waals surface area (Å²) in [4.78, 5) is 11.4. The van der Waals surface area contributed by atoms with Crippen molar-refractivity contribution in [3.05, 3.63) is 65.6 Å². The van der Waals surface area contributed by atoms with Gasteiger partial charge in [-0.2, -0.15) is 0 Å². The zero-order chi connectivity index (χ0) is 13.2. The number of carbonyl (C=O) groups is 1. The van der Waals surface area contributed by atoms with Crippen LogP contribution >= 0.6 is 0 Å². The van der Waals surface area contributed by atoms with E-state index in [4.69, 9.17) is 4.74 Å². The minimum absolute atomic E-state index is 0.0173. The molecule has 0 amide bonds. The molecule has 0 unspecified atom stereocenters. The summed E-state index contributed by atoms with van der Waals surface area (Å²) < 4.78 is 5.92. The van der Waals surface area contributed by atoms with Crippen molar-refractivity contribution in [2.24, 2.45) is 0 Å². The third-order valence-electron chi connectivity index (χ3n) is 3.61. The fourth-order valence-corrected chi connectivity index (χ4v) is 2.66. The van der Waals surface area contributed by atoms with E-state index in [1.165, 1.54) is 0 Å². The lowest BCUT2D eigenvalue weighted by molar-refractivity contribution is -0.106. The second kappa shape index (κ2) is 4.88. The molecule has 0 fully saturated rings. The number of rotatable bonds is 3. The molecule has 1 radical (unpaired) electrons. The molecule has 2 aromatic rings. The van der Waals surface area contributed by atoms with Gasteiger partial charge in [-0.15, -0.1) is 0 Å². The van der Waals surface area contributed by atoms with Crippen molar-refractivity contribution in [2.75, 3.05) is 0 Å². The first kappa shape index (κ1) is 12.0. The molecule has 19 heavy (non-hydrogen) atoms. The Balaban J connectivity index is 2.19. The molecule has 0 spiro atoms. The zero-order valence-corrected chi connectivity index (χ0v) is 10.8. The van der Waals surface area contributed by atoms with Crippen LogP contribution in [0.5, 0.6) is 11.5 Å². The smallest absolute Gasteiger partial charge is 0.131 e. The monoisotopic (exact) mass is 251 g/mol. The molecule has 0 N–H and O–H groups in total. The molecule has 3 rings (SSSR count). The largest absolute Gasteiger partial charge is 0.457 e. The van der Waals surface area contributed by atoms with Crippen LogP contribution in [0.2, 0.25) is 0 Å². The number of hydrogen-bond acceptors (Lipinski definition) is 2. The van der Waals surface area contributed by atoms with Crippen molar-refractivity contribution in [3.8, 4) is 11.5 Å². The van der Waals surface area contributed by atoms with Crippen molar-refractivity contribution in [1.29, 1.82) is 0 Å². The summed E-state index contributed by atoms with van der Waals surface area (Å²) in [6.07, 6.45) is 1.74. The number of para-hydroxylation sites is 2. The quantitative estimate of drug-likeness (QED) is 0.767. The number of hydrogen-bond donors (Lipinski definition) is 0. The highest BCUT2D eigenvalue weighted by molar-refractivity contribution is 5.75. The molecule has 2 nitrogen and oxygen atoms in total. The minimum atomic E-state index is 0.0173. The third-order valence-corrected chi connectivity index (χ3v) is 3.61. The molecular weight excluding hydrogens is 236 g/mol. The van der Waals surface area contributed by atoms with Crippen molar-refractivity contribution in [3.63, 3.8) is 0 Å². The van der Waals surface area contributed by atoms with Gasteiger partial charge >= 0.3 is 0 Å². The molecule has 0 saturated carbocycles. The van der Waals surface area contributed by atoms with E-state index < -0.39 is 0 Å². The Morgan fingerprint density at radius 3 is 2.05 bits per heavy atom. The molecule has 2 aromatic carbocycles. The van der Waals surface area contributed by atoms with Gasteiger partial charge in [0.1, 0.15) is 17.8 Å². The standard InChI is InChI=1S/C17H15O2/c1-2-12(11-18)17-13-7-3-5-9-15(13)19-16-10-6-4-8-14(16)17/h3-11,17H,2H2,1H3. The van der Waals surface area contributed by atoms with E-state index in [1.54, 1.807) is 0 Å². The van der Waals surface area contributed by atoms with E-state index in [0.29, 0.717) is 0 Å². The highest BCUT2D eigenvalue weighted by Gasteiger charge is 2.32. The number of carbonyl (C=O) groups excluding carboxylic acids is 1. The Morgan fingerprint density at radius 2 is 1.58 bits per heavy atom. The third kappa shape index (κ3) is 1.93. The van der Waals surface area contributed by atoms with E-state index in [2.05, 4.69) is 0 Å². The minimum Gasteiger partial charge on any atom is -0.457 e. The van der Waals surface area contributed by atoms with Crippen molar-refractivity contribution in [2.45, 2.75) is 19.3 Å². The molecule has 1 aliphatic heterocycles. The Bertz CT molecular complexity index is 558. The van der Waals surface area contributed by atoms with Gasteiger partial charge in [0, 0.05) is 23.0 Å². The van der Waals surface area contributed by atoms with Crippen LogP contribution in [0.25, 0.3) is 0 Å². The predicted molar refractivity (Wildman–Crippen MR) is 74.4 cm³/mol. The van der Waals surface area contributed by atoms with Crippen LogP contribution in [0.15, 0.2) is 48.5 Å². The lowest BCUT2D eigenvalue weighted by atomic mass is 9.78. The molecule has 95 valence electrons. The van der Waals surface area contributed by atoms with Gasteiger partial charge in [-0.3, -0.25) is 0 Å². The highest BCUT2D eigenvalue weighted by Crippen LogP contribution is 2.48. The van der Waals surface area contributed by atoms with Crippen LogP contribution in [-0.2, 0) is 4.79 Å². The number of fused-ring (bicyclic) bond motifs is 2. The van der Waals surface area contributed by atoms with Crippen molar-refractivity contribution < 1.29 is 9.53 Å². The Morgan fingerprint density at radius 1 is 1.05 bits per heavy atom. The summed E-state index contributed by atoms with van der Waals surface area (Å²) in [6.45, 7) is 2.02. The SMILES string of the molecule is CC[C](C=O)C1c2ccccc2Oc2ccccc21. The molecule has 0 saturated heterocycles. The van der Waals surface area contributed by atoms with Crippen LogP contribution in [0.4, 0.5) is 0 Å². The van der Waals surface area contributed by atoms with E-state index in [1.807, 2.05) is 55.5 Å². The van der Waals surface area contributed by atoms with Gasteiger partial charge in [-0.1, -0.05) is 43.3 Å². The maximum absolute atomic E-state index is 11.4. The fourth-order valence-electron chi connectivity index (χ4n) is 2.66. The maximum Gasteiger partial charge on any atom is 0.131 e. The van der Waals surface area contributed by atoms with E-state index in [0.717, 1.165) is 41.3 Å². The van der Waals surface area contributed by atoms with Crippen LogP contribution in [0.3, 0.4) is 0 Å². The normalized spacial score (nSPS) is 13.6. The maximum atomic E-state index is 11.4. The molecule has 1 heterocycles. The molecule has 0 aromatic heterocycles. The second-order valence-corrected chi connectivity index (χ2v) is 4.66. The first-order chi connectivity index (χ1) is 9.35. The second-order valence-electron chi connectivity index (χ2n) is 4.66. The lowest BCUT2D eigenvalue weighted by Gasteiger charge is -2.30. The van der Waals surface area contributed by atoms with Gasteiger partial charge in [0.25, 0.3) is 0 Å². The number of ether oxygens (including phenoxy) is 1. The summed E-state index contributed by atoms with van der Waals surface area (Å²) in [7, 11) is 0. The summed E-state index contributed by atoms with van der Waals surface area (Å²) in [6, 6.07) is 15.9. The topological polar surface area (TPSA) is 26.3 Å². The van der Waals surface area contributed by atoms with E-state index in [-0.39, 0.29) is 5.92 Å². The van der Waals surface area contributed by atoms with Gasteiger partial charge in [0.15, 0.2) is 0 Å². The average Bonchev–Trinajstić information content (AvgIpc) is 2.47. The molecule has 0 aliphatic carbocycles. The fraction of sp³-hybridized carbons (Fsp3) is 0.176. The van der Waals surface area contributed by atoms with E-state index >= 15 is 0 Å². The lowest BCUT2D eigenvalue weighted by Crippen LogP contribution is -2.18. The van der Waals surface area contributed by atoms with Gasteiger partial charge in [0.05, 0.1) is 0 Å². The molecule has 2 heteroatoms. The Labute approximate surface area is 113 Å². The Kier molecular flexibility index (Phi) is 3.08. The average molecular weight is 251 g/mol. The predicted octanol–water partition coefficient (Wildman–Crippen LogP) is 4.11. The molecule has 0 atom stereocenters. The number of aldehydes is 1. The Hall–Kier alpha value is -2.09. The molecule has 1 aliphatic rings. The van der Waals surface area contributed by atoms with Crippen LogP contribution < -0.4 is 4.74 Å². The highest BCUT2D eigenvalue weighted by atomic mass is 16.5. The van der Waals surface area contributed by atoms with Crippen LogP contribution in [0.1, 0.15) is 30.4 Å². The summed E-state index contributed by atoms with van der Waals surface area (Å²) in [5, 5.41) is 0. The zero-order valence-electron chi connectivity index (χ0n) is 10.8. The molecular formula is C17H15O2. The van der Waals surface area contributed by atoms with Gasteiger partial charge in [-0.25, -0.2) is 0 Å². The van der Waals surface area contributed by atoms with E-state index in [9.17, 15) is 4.79 Å². The summed E-state index contributed by atoms with van der Waals surface area (Å²) in [5.41, 5.74) is 2.15. The van der Waals surface area contributed by atoms with Crippen LogP contribution in [-0.4, -0.2) is 6.29 Å². The van der Waals surface area contributed by atoms with Crippen molar-refractivity contribution in [1.82, 2.24) is 0 Å². The van der Waals surface area contributed by atoms with Gasteiger partial charge < -0.3 is 9.53 Å². The van der Waals surface area contributed by atoms with Crippen LogP contribution in [0, 0.1) is 5.92 Å². The first-order valence-corrected chi connectivity index (χ1v) is 6.51. The first-order valence-electron chi connectivity index (χ1n) is 6.51. The summed E-state index contributed by atoms with van der Waals surface area (Å²) in [5.74, 6) is 2.60.